The van der Waals surface area contributed by atoms with E-state index in [9.17, 15) is 25.4 Å². The van der Waals surface area contributed by atoms with Crippen molar-refractivity contribution in [3.05, 3.63) is 73.0 Å². The second-order valence-corrected chi connectivity index (χ2v) is 4.77. The average Bonchev–Trinajstić information content (AvgIpc) is 2.48. The molecule has 0 heterocycles. The summed E-state index contributed by atoms with van der Waals surface area (Å²) in [6, 6.07) is 8.88. The fraction of sp³-hybridized carbons (Fsp3) is 0.143. The first-order chi connectivity index (χ1) is 10.8. The van der Waals surface area contributed by atoms with Gasteiger partial charge in [-0.15, -0.1) is 0 Å². The summed E-state index contributed by atoms with van der Waals surface area (Å²) >= 11 is 0. The van der Waals surface area contributed by atoms with Gasteiger partial charge in [0, 0.05) is 22.8 Å². The summed E-state index contributed by atoms with van der Waals surface area (Å²) in [7, 11) is 0. The van der Waals surface area contributed by atoms with Crippen molar-refractivity contribution in [2.45, 2.75) is 13.8 Å². The maximum absolute atomic E-state index is 12.2. The van der Waals surface area contributed by atoms with Crippen molar-refractivity contribution in [1.82, 2.24) is 0 Å². The Morgan fingerprint density at radius 3 is 2.04 bits per heavy atom. The highest BCUT2D eigenvalue weighted by Gasteiger charge is 2.32. The molecule has 0 unspecified atom stereocenters. The van der Waals surface area contributed by atoms with Crippen molar-refractivity contribution in [2.75, 3.05) is 0 Å². The van der Waals surface area contributed by atoms with E-state index in [1.807, 2.05) is 0 Å². The van der Waals surface area contributed by atoms with Gasteiger partial charge in [0.15, 0.2) is 0 Å². The SMILES string of the molecule is Cc1ccccc1[N+]([O-])=Nc1c(C)ccc([N+](=O)[O-])c1[N+](=O)[O-]. The molecule has 0 aliphatic rings. The van der Waals surface area contributed by atoms with Gasteiger partial charge in [0.2, 0.25) is 11.4 Å². The lowest BCUT2D eigenvalue weighted by atomic mass is 10.1. The minimum absolute atomic E-state index is 0.202. The fourth-order valence-corrected chi connectivity index (χ4v) is 2.05. The van der Waals surface area contributed by atoms with Crippen molar-refractivity contribution in [1.29, 1.82) is 0 Å². The van der Waals surface area contributed by atoms with E-state index in [1.165, 1.54) is 19.1 Å². The third kappa shape index (κ3) is 3.12. The first-order valence-electron chi connectivity index (χ1n) is 6.50. The van der Waals surface area contributed by atoms with E-state index >= 15 is 0 Å². The molecular weight excluding hydrogens is 304 g/mol. The molecule has 2 rings (SSSR count). The van der Waals surface area contributed by atoms with Gasteiger partial charge in [-0.2, -0.15) is 0 Å². The lowest BCUT2D eigenvalue weighted by molar-refractivity contribution is -0.440. The van der Waals surface area contributed by atoms with E-state index in [0.717, 1.165) is 6.07 Å². The second-order valence-electron chi connectivity index (χ2n) is 4.77. The molecule has 0 N–H and O–H groups in total. The molecule has 9 nitrogen and oxygen atoms in total. The van der Waals surface area contributed by atoms with E-state index < -0.39 is 21.2 Å². The smallest absolute Gasteiger partial charge is 0.377 e. The van der Waals surface area contributed by atoms with Crippen LogP contribution in [0.15, 0.2) is 41.5 Å². The minimum atomic E-state index is -0.907. The molecule has 0 aliphatic carbocycles. The van der Waals surface area contributed by atoms with Gasteiger partial charge in [0.05, 0.1) is 9.85 Å². The predicted molar refractivity (Wildman–Crippen MR) is 81.0 cm³/mol. The molecular formula is C14H12N4O5. The van der Waals surface area contributed by atoms with Gasteiger partial charge in [-0.3, -0.25) is 20.2 Å². The van der Waals surface area contributed by atoms with Crippen LogP contribution in [-0.4, -0.2) is 14.7 Å². The van der Waals surface area contributed by atoms with Gasteiger partial charge in [-0.05, 0) is 30.3 Å². The zero-order valence-corrected chi connectivity index (χ0v) is 12.3. The van der Waals surface area contributed by atoms with Crippen molar-refractivity contribution >= 4 is 22.7 Å². The summed E-state index contributed by atoms with van der Waals surface area (Å²) in [5.41, 5.74) is -0.731. The van der Waals surface area contributed by atoms with E-state index in [-0.39, 0.29) is 21.8 Å². The first-order valence-corrected chi connectivity index (χ1v) is 6.50. The Morgan fingerprint density at radius 1 is 0.826 bits per heavy atom. The van der Waals surface area contributed by atoms with E-state index in [0.29, 0.717) is 5.56 Å². The first kappa shape index (κ1) is 16.0. The number of nitrogens with zero attached hydrogens (tertiary/aromatic N) is 4. The number of rotatable bonds is 4. The van der Waals surface area contributed by atoms with Gasteiger partial charge in [-0.1, -0.05) is 18.2 Å². The lowest BCUT2D eigenvalue weighted by Gasteiger charge is -2.04. The normalized spacial score (nSPS) is 11.3. The second kappa shape index (κ2) is 6.18. The van der Waals surface area contributed by atoms with Crippen molar-refractivity contribution in [3.63, 3.8) is 0 Å². The molecule has 0 amide bonds. The van der Waals surface area contributed by atoms with Gasteiger partial charge in [0.25, 0.3) is 0 Å². The van der Waals surface area contributed by atoms with Crippen LogP contribution in [-0.2, 0) is 0 Å². The highest BCUT2D eigenvalue weighted by molar-refractivity contribution is 5.71. The molecule has 0 spiro atoms. The van der Waals surface area contributed by atoms with E-state index in [4.69, 9.17) is 0 Å². The van der Waals surface area contributed by atoms with E-state index in [2.05, 4.69) is 5.11 Å². The summed E-state index contributed by atoms with van der Waals surface area (Å²) in [6.07, 6.45) is 0. The Morgan fingerprint density at radius 2 is 1.48 bits per heavy atom. The third-order valence-corrected chi connectivity index (χ3v) is 3.22. The number of benzene rings is 2. The Hall–Kier alpha value is -3.36. The number of aryl methyl sites for hydroxylation is 2. The average molecular weight is 316 g/mol. The van der Waals surface area contributed by atoms with Crippen LogP contribution in [0, 0.1) is 39.3 Å². The van der Waals surface area contributed by atoms with Crippen LogP contribution < -0.4 is 0 Å². The largest absolute Gasteiger partial charge is 0.594 e. The fourth-order valence-electron chi connectivity index (χ4n) is 2.05. The van der Waals surface area contributed by atoms with Gasteiger partial charge in [0.1, 0.15) is 0 Å². The van der Waals surface area contributed by atoms with Crippen LogP contribution in [0.25, 0.3) is 0 Å². The zero-order chi connectivity index (χ0) is 17.1. The van der Waals surface area contributed by atoms with E-state index in [1.54, 1.807) is 25.1 Å². The number of azo groups is 1. The standard InChI is InChI=1S/C14H12N4O5/c1-9-5-3-4-6-11(9)16(19)15-13-10(2)7-8-12(17(20)21)14(13)18(22)23/h3-8H,1-2H3. The van der Waals surface area contributed by atoms with Crippen LogP contribution in [0.2, 0.25) is 0 Å². The van der Waals surface area contributed by atoms with Crippen LogP contribution >= 0.6 is 0 Å². The maximum atomic E-state index is 12.2. The Bertz CT molecular complexity index is 832. The summed E-state index contributed by atoms with van der Waals surface area (Å²) in [4.78, 5) is 20.6. The van der Waals surface area contributed by atoms with Crippen LogP contribution in [0.3, 0.4) is 0 Å². The van der Waals surface area contributed by atoms with Crippen LogP contribution in [0.1, 0.15) is 11.1 Å². The monoisotopic (exact) mass is 316 g/mol. The minimum Gasteiger partial charge on any atom is -0.594 e. The molecule has 23 heavy (non-hydrogen) atoms. The third-order valence-electron chi connectivity index (χ3n) is 3.22. The predicted octanol–water partition coefficient (Wildman–Crippen LogP) is 4.05. The molecule has 2 aromatic rings. The number of hydrogen-bond donors (Lipinski definition) is 0. The summed E-state index contributed by atoms with van der Waals surface area (Å²) in [5, 5.41) is 38.1. The summed E-state index contributed by atoms with van der Waals surface area (Å²) in [6.45, 7) is 3.17. The number of nitro benzene ring substituents is 2. The number of para-hydroxylation sites is 1. The Kier molecular flexibility index (Phi) is 4.30. The maximum Gasteiger partial charge on any atom is 0.377 e. The summed E-state index contributed by atoms with van der Waals surface area (Å²) in [5.74, 6) is 0. The molecule has 0 saturated heterocycles. The molecule has 118 valence electrons. The van der Waals surface area contributed by atoms with Crippen molar-refractivity contribution in [3.8, 4) is 0 Å². The van der Waals surface area contributed by atoms with Gasteiger partial charge < -0.3 is 5.21 Å². The molecule has 0 fully saturated rings. The Labute approximate surface area is 130 Å². The van der Waals surface area contributed by atoms with Gasteiger partial charge in [-0.25, -0.2) is 0 Å². The number of nitro groups is 2. The molecule has 0 radical (unpaired) electrons. The molecule has 0 aliphatic heterocycles. The Balaban J connectivity index is 2.70. The summed E-state index contributed by atoms with van der Waals surface area (Å²) < 4.78 is 0. The topological polar surface area (TPSA) is 125 Å². The zero-order valence-electron chi connectivity index (χ0n) is 12.3. The highest BCUT2D eigenvalue weighted by Crippen LogP contribution is 2.39. The van der Waals surface area contributed by atoms with Crippen LogP contribution in [0.4, 0.5) is 22.7 Å². The highest BCUT2D eigenvalue weighted by atomic mass is 16.6. The number of hydrogen-bond acceptors (Lipinski definition) is 6. The van der Waals surface area contributed by atoms with Crippen LogP contribution in [0.5, 0.6) is 0 Å². The molecule has 9 heteroatoms. The van der Waals surface area contributed by atoms with Gasteiger partial charge >= 0.3 is 11.4 Å². The molecule has 0 bridgehead atoms. The molecule has 0 atom stereocenters. The van der Waals surface area contributed by atoms with Crippen molar-refractivity contribution in [2.24, 2.45) is 5.11 Å². The lowest BCUT2D eigenvalue weighted by Crippen LogP contribution is -2.00. The molecule has 2 aromatic carbocycles. The quantitative estimate of drug-likeness (QED) is 0.364. The van der Waals surface area contributed by atoms with Crippen molar-refractivity contribution < 1.29 is 14.7 Å². The molecule has 0 aromatic heterocycles. The molecule has 0 saturated carbocycles.